The van der Waals surface area contributed by atoms with Gasteiger partial charge in [0.1, 0.15) is 0 Å². The van der Waals surface area contributed by atoms with Gasteiger partial charge >= 0.3 is 0 Å². The molecule has 2 unspecified atom stereocenters. The summed E-state index contributed by atoms with van der Waals surface area (Å²) in [5.74, 6) is 3.16. The smallest absolute Gasteiger partial charge is 0.161 e. The first-order valence-electron chi connectivity index (χ1n) is 25.4. The van der Waals surface area contributed by atoms with Gasteiger partial charge < -0.3 is 9.47 Å². The largest absolute Gasteiger partial charge is 0.489 e. The summed E-state index contributed by atoms with van der Waals surface area (Å²) in [6.07, 6.45) is 43.6. The minimum atomic E-state index is 0.605. The molecule has 2 nitrogen and oxygen atoms in total. The van der Waals surface area contributed by atoms with Crippen LogP contribution in [0.2, 0.25) is 0 Å². The molecule has 334 valence electrons. The number of ether oxygens (including phenoxy) is 2. The van der Waals surface area contributed by atoms with E-state index in [-0.39, 0.29) is 0 Å². The van der Waals surface area contributed by atoms with Crippen LogP contribution in [0.4, 0.5) is 0 Å². The fourth-order valence-corrected chi connectivity index (χ4v) is 12.2. The maximum atomic E-state index is 7.08. The molecule has 4 aromatic rings. The van der Waals surface area contributed by atoms with Crippen LogP contribution in [0.25, 0.3) is 30.9 Å². The van der Waals surface area contributed by atoms with Crippen molar-refractivity contribution in [3.8, 4) is 11.5 Å². The van der Waals surface area contributed by atoms with Gasteiger partial charge in [0.2, 0.25) is 0 Å². The van der Waals surface area contributed by atoms with E-state index in [2.05, 4.69) is 79.9 Å². The average Bonchev–Trinajstić information content (AvgIpc) is 3.90. The molecule has 5 heteroatoms. The van der Waals surface area contributed by atoms with Gasteiger partial charge in [-0.3, -0.25) is 0 Å². The summed E-state index contributed by atoms with van der Waals surface area (Å²) in [6.45, 7) is 10.9. The van der Waals surface area contributed by atoms with E-state index in [1.54, 1.807) is 0 Å². The molecule has 0 radical (unpaired) electrons. The molecule has 4 rings (SSSR count). The number of thiophene rings is 2. The summed E-state index contributed by atoms with van der Waals surface area (Å²) in [5.41, 5.74) is 0. The van der Waals surface area contributed by atoms with E-state index in [4.69, 9.17) is 9.47 Å². The molecule has 0 bridgehead atoms. The van der Waals surface area contributed by atoms with Crippen LogP contribution in [0.5, 0.6) is 11.5 Å². The number of benzene rings is 2. The van der Waals surface area contributed by atoms with Crippen LogP contribution in [-0.4, -0.2) is 13.2 Å². The van der Waals surface area contributed by atoms with Crippen molar-refractivity contribution in [1.29, 1.82) is 0 Å². The lowest BCUT2D eigenvalue weighted by Crippen LogP contribution is -2.15. The molecule has 0 aliphatic heterocycles. The molecule has 2 heterocycles. The maximum absolute atomic E-state index is 7.08. The van der Waals surface area contributed by atoms with E-state index < -0.39 is 0 Å². The second-order valence-electron chi connectivity index (χ2n) is 18.3. The third-order valence-electron chi connectivity index (χ3n) is 13.1. The summed E-state index contributed by atoms with van der Waals surface area (Å²) in [7, 11) is 0. The zero-order valence-electron chi connectivity index (χ0n) is 38.6. The zero-order valence-corrected chi connectivity index (χ0v) is 42.4. The molecule has 0 fully saturated rings. The summed E-state index contributed by atoms with van der Waals surface area (Å²) in [6, 6.07) is 9.49. The van der Waals surface area contributed by atoms with Crippen molar-refractivity contribution >= 4 is 76.2 Å². The average molecular weight is 959 g/mol. The van der Waals surface area contributed by atoms with Crippen LogP contribution in [0.3, 0.4) is 0 Å². The van der Waals surface area contributed by atoms with Crippen LogP contribution < -0.4 is 9.47 Å². The summed E-state index contributed by atoms with van der Waals surface area (Å²) in [5, 5.41) is 7.66. The van der Waals surface area contributed by atoms with E-state index in [0.717, 1.165) is 24.7 Å². The normalized spacial score (nSPS) is 13.0. The fraction of sp³-hybridized carbons (Fsp3) is 0.741. The molecule has 0 aliphatic carbocycles. The van der Waals surface area contributed by atoms with Gasteiger partial charge in [-0.2, -0.15) is 0 Å². The van der Waals surface area contributed by atoms with Gasteiger partial charge in [-0.25, -0.2) is 0 Å². The summed E-state index contributed by atoms with van der Waals surface area (Å²) < 4.78 is 18.3. The standard InChI is InChI=1S/C54H87IO2S2/c1-5-9-13-17-21-23-27-31-35-44(33-29-25-19-15-11-7-3)42-56-50-39-47-46-37-38-58-53(46)54-49(41-52(55)59-54)48(47)40-51(50)57-43-45(34-30-26-20-16-12-8-4)36-32-28-24-22-18-14-10-6-2/h37-41,44-45H,5-36,42-43H2,1-4H3. The highest BCUT2D eigenvalue weighted by atomic mass is 127. The quantitative estimate of drug-likeness (QED) is 0.0329. The van der Waals surface area contributed by atoms with Gasteiger partial charge in [-0.1, -0.05) is 207 Å². The van der Waals surface area contributed by atoms with Crippen LogP contribution >= 0.6 is 45.3 Å². The van der Waals surface area contributed by atoms with Crippen molar-refractivity contribution in [1.82, 2.24) is 0 Å². The third kappa shape index (κ3) is 19.1. The maximum Gasteiger partial charge on any atom is 0.161 e. The summed E-state index contributed by atoms with van der Waals surface area (Å²) >= 11 is 6.34. The first kappa shape index (κ1) is 50.6. The molecule has 0 spiro atoms. The number of halogens is 1. The van der Waals surface area contributed by atoms with Gasteiger partial charge in [0.25, 0.3) is 0 Å². The Labute approximate surface area is 385 Å². The van der Waals surface area contributed by atoms with Crippen LogP contribution in [0.15, 0.2) is 29.6 Å². The van der Waals surface area contributed by atoms with Crippen molar-refractivity contribution < 1.29 is 9.47 Å². The number of fused-ring (bicyclic) bond motifs is 6. The molecule has 0 aliphatic rings. The molecule has 0 N–H and O–H groups in total. The second kappa shape index (κ2) is 31.7. The molecule has 0 amide bonds. The van der Waals surface area contributed by atoms with E-state index in [9.17, 15) is 0 Å². The van der Waals surface area contributed by atoms with Gasteiger partial charge in [0, 0.05) is 10.8 Å². The van der Waals surface area contributed by atoms with Crippen molar-refractivity contribution in [2.45, 2.75) is 233 Å². The lowest BCUT2D eigenvalue weighted by Gasteiger charge is -2.22. The monoisotopic (exact) mass is 959 g/mol. The van der Waals surface area contributed by atoms with Gasteiger partial charge in [-0.15, -0.1) is 22.7 Å². The molecular formula is C54H87IO2S2. The van der Waals surface area contributed by atoms with E-state index >= 15 is 0 Å². The zero-order chi connectivity index (χ0) is 41.8. The minimum absolute atomic E-state index is 0.605. The molecule has 0 saturated heterocycles. The molecule has 59 heavy (non-hydrogen) atoms. The Morgan fingerprint density at radius 2 is 0.780 bits per heavy atom. The van der Waals surface area contributed by atoms with Crippen molar-refractivity contribution in [2.24, 2.45) is 11.8 Å². The Kier molecular flexibility index (Phi) is 27.2. The Morgan fingerprint density at radius 3 is 1.17 bits per heavy atom. The highest BCUT2D eigenvalue weighted by Gasteiger charge is 2.20. The minimum Gasteiger partial charge on any atom is -0.489 e. The first-order valence-corrected chi connectivity index (χ1v) is 28.2. The molecule has 2 aromatic heterocycles. The lowest BCUT2D eigenvalue weighted by molar-refractivity contribution is 0.192. The first-order chi connectivity index (χ1) is 29.1. The number of rotatable bonds is 38. The van der Waals surface area contributed by atoms with Crippen molar-refractivity contribution in [3.63, 3.8) is 0 Å². The van der Waals surface area contributed by atoms with E-state index in [0.29, 0.717) is 11.8 Å². The Morgan fingerprint density at radius 1 is 0.424 bits per heavy atom. The summed E-state index contributed by atoms with van der Waals surface area (Å²) in [4.78, 5) is 0. The number of unbranched alkanes of at least 4 members (excludes halogenated alkanes) is 24. The molecule has 0 saturated carbocycles. The highest BCUT2D eigenvalue weighted by Crippen LogP contribution is 2.46. The molecule has 2 aromatic carbocycles. The Balaban J connectivity index is 1.52. The van der Waals surface area contributed by atoms with Gasteiger partial charge in [0.15, 0.2) is 11.5 Å². The SMILES string of the molecule is CCCCCCCCCCC(CCCCCCCC)COc1cc2c(cc1OCC(CCCCCCCC)CCCCCCCCCC)c1cc(I)sc1c1sccc21. The molecular weight excluding hydrogens is 872 g/mol. The van der Waals surface area contributed by atoms with Crippen LogP contribution in [0, 0.1) is 14.7 Å². The fourth-order valence-electron chi connectivity index (χ4n) is 9.26. The highest BCUT2D eigenvalue weighted by molar-refractivity contribution is 14.1. The Bertz CT molecular complexity index is 1640. The van der Waals surface area contributed by atoms with E-state index in [1.807, 2.05) is 22.7 Å². The third-order valence-corrected chi connectivity index (χ3v) is 16.0. The second-order valence-corrected chi connectivity index (χ2v) is 22.2. The Hall–Kier alpha value is -1.05. The van der Waals surface area contributed by atoms with Crippen LogP contribution in [-0.2, 0) is 0 Å². The van der Waals surface area contributed by atoms with E-state index in [1.165, 1.54) is 239 Å². The lowest BCUT2D eigenvalue weighted by atomic mass is 9.94. The van der Waals surface area contributed by atoms with Crippen LogP contribution in [0.1, 0.15) is 233 Å². The predicted octanol–water partition coefficient (Wildman–Crippen LogP) is 20.4. The van der Waals surface area contributed by atoms with Gasteiger partial charge in [0.05, 0.1) is 25.5 Å². The van der Waals surface area contributed by atoms with Crippen molar-refractivity contribution in [2.75, 3.05) is 13.2 Å². The molecule has 2 atom stereocenters. The van der Waals surface area contributed by atoms with Crippen molar-refractivity contribution in [3.05, 3.63) is 32.5 Å². The van der Waals surface area contributed by atoms with Gasteiger partial charge in [-0.05, 0) is 101 Å². The number of hydrogen-bond donors (Lipinski definition) is 0. The topological polar surface area (TPSA) is 18.5 Å². The predicted molar refractivity (Wildman–Crippen MR) is 276 cm³/mol. The number of hydrogen-bond acceptors (Lipinski definition) is 4.